The molecule has 0 spiro atoms. The molecule has 0 atom stereocenters. The van der Waals surface area contributed by atoms with E-state index < -0.39 is 0 Å². The number of nitrogens with zero attached hydrogens (tertiary/aromatic N) is 4. The Morgan fingerprint density at radius 1 is 1.15 bits per heavy atom. The fourth-order valence-electron chi connectivity index (χ4n) is 3.67. The van der Waals surface area contributed by atoms with E-state index >= 15 is 0 Å². The molecule has 6 heteroatoms. The summed E-state index contributed by atoms with van der Waals surface area (Å²) in [7, 11) is 0. The van der Waals surface area contributed by atoms with Gasteiger partial charge in [-0.15, -0.1) is 0 Å². The van der Waals surface area contributed by atoms with Crippen molar-refractivity contribution in [1.82, 2.24) is 19.4 Å². The molecule has 0 saturated carbocycles. The maximum Gasteiger partial charge on any atom is 0.222 e. The molecule has 136 valence electrons. The van der Waals surface area contributed by atoms with Crippen molar-refractivity contribution in [2.45, 2.75) is 32.7 Å². The van der Waals surface area contributed by atoms with Crippen LogP contribution in [0.2, 0.25) is 0 Å². The average molecular weight is 352 g/mol. The van der Waals surface area contributed by atoms with Crippen molar-refractivity contribution < 1.29 is 9.53 Å². The predicted molar refractivity (Wildman–Crippen MR) is 101 cm³/mol. The van der Waals surface area contributed by atoms with Crippen LogP contribution in [0.3, 0.4) is 0 Å². The van der Waals surface area contributed by atoms with Gasteiger partial charge in [-0.25, -0.2) is 4.98 Å². The Hall–Kier alpha value is -2.47. The van der Waals surface area contributed by atoms with E-state index in [0.29, 0.717) is 19.6 Å². The van der Waals surface area contributed by atoms with E-state index in [-0.39, 0.29) is 5.91 Å². The monoisotopic (exact) mass is 352 g/mol. The minimum atomic E-state index is 0.246. The van der Waals surface area contributed by atoms with Crippen LogP contribution in [-0.4, -0.2) is 51.6 Å². The van der Waals surface area contributed by atoms with Gasteiger partial charge in [0.2, 0.25) is 5.91 Å². The standard InChI is InChI=1S/C20H24N4O2/c1-15-22-18-14-21-17-7-3-2-6-16(17)20(18)24(15)9-5-4-8-19(25)23-10-12-26-13-11-23/h2-3,6-7,14H,4-5,8-13H2,1H3. The lowest BCUT2D eigenvalue weighted by Gasteiger charge is -2.26. The first-order chi connectivity index (χ1) is 12.7. The highest BCUT2D eigenvalue weighted by Crippen LogP contribution is 2.25. The number of unbranched alkanes of at least 4 members (excludes halogenated alkanes) is 1. The number of aryl methyl sites for hydroxylation is 2. The molecule has 1 fully saturated rings. The van der Waals surface area contributed by atoms with Crippen LogP contribution in [0, 0.1) is 6.92 Å². The third-order valence-electron chi connectivity index (χ3n) is 5.06. The fraction of sp³-hybridized carbons (Fsp3) is 0.450. The van der Waals surface area contributed by atoms with Crippen LogP contribution in [0.5, 0.6) is 0 Å². The summed E-state index contributed by atoms with van der Waals surface area (Å²) in [6.07, 6.45) is 4.30. The molecular weight excluding hydrogens is 328 g/mol. The molecule has 4 rings (SSSR count). The Labute approximate surface area is 152 Å². The molecule has 1 aromatic carbocycles. The summed E-state index contributed by atoms with van der Waals surface area (Å²) in [6, 6.07) is 8.18. The second-order valence-corrected chi connectivity index (χ2v) is 6.77. The van der Waals surface area contributed by atoms with Crippen LogP contribution in [0.4, 0.5) is 0 Å². The molecule has 3 heterocycles. The molecule has 1 amide bonds. The van der Waals surface area contributed by atoms with Crippen LogP contribution in [0.15, 0.2) is 30.5 Å². The van der Waals surface area contributed by atoms with Crippen LogP contribution < -0.4 is 0 Å². The van der Waals surface area contributed by atoms with Gasteiger partial charge in [0.05, 0.1) is 30.4 Å². The number of imidazole rings is 1. The zero-order chi connectivity index (χ0) is 17.9. The van der Waals surface area contributed by atoms with E-state index in [1.165, 1.54) is 0 Å². The Morgan fingerprint density at radius 2 is 1.96 bits per heavy atom. The van der Waals surface area contributed by atoms with Gasteiger partial charge in [-0.3, -0.25) is 9.78 Å². The minimum Gasteiger partial charge on any atom is -0.378 e. The molecule has 0 radical (unpaired) electrons. The maximum absolute atomic E-state index is 12.3. The normalized spacial score (nSPS) is 15.0. The lowest BCUT2D eigenvalue weighted by Crippen LogP contribution is -2.40. The van der Waals surface area contributed by atoms with Crippen LogP contribution >= 0.6 is 0 Å². The summed E-state index contributed by atoms with van der Waals surface area (Å²) >= 11 is 0. The summed E-state index contributed by atoms with van der Waals surface area (Å²) < 4.78 is 7.57. The summed E-state index contributed by atoms with van der Waals surface area (Å²) in [4.78, 5) is 23.3. The zero-order valence-corrected chi connectivity index (χ0v) is 15.1. The molecule has 0 bridgehead atoms. The molecular formula is C20H24N4O2. The van der Waals surface area contributed by atoms with Gasteiger partial charge in [-0.1, -0.05) is 18.2 Å². The van der Waals surface area contributed by atoms with Crippen LogP contribution in [0.25, 0.3) is 21.9 Å². The Bertz CT molecular complexity index is 928. The smallest absolute Gasteiger partial charge is 0.222 e. The molecule has 26 heavy (non-hydrogen) atoms. The highest BCUT2D eigenvalue weighted by molar-refractivity contribution is 6.02. The van der Waals surface area contributed by atoms with Gasteiger partial charge >= 0.3 is 0 Å². The van der Waals surface area contributed by atoms with Crippen molar-refractivity contribution in [3.63, 3.8) is 0 Å². The van der Waals surface area contributed by atoms with E-state index in [1.54, 1.807) is 0 Å². The molecule has 0 aliphatic carbocycles. The number of amides is 1. The lowest BCUT2D eigenvalue weighted by molar-refractivity contribution is -0.135. The number of fused-ring (bicyclic) bond motifs is 3. The lowest BCUT2D eigenvalue weighted by atomic mass is 10.2. The number of hydrogen-bond acceptors (Lipinski definition) is 4. The van der Waals surface area contributed by atoms with E-state index in [4.69, 9.17) is 4.74 Å². The van der Waals surface area contributed by atoms with Crippen LogP contribution in [0.1, 0.15) is 25.1 Å². The summed E-state index contributed by atoms with van der Waals surface area (Å²) in [5, 5.41) is 1.13. The highest BCUT2D eigenvalue weighted by Gasteiger charge is 2.16. The van der Waals surface area contributed by atoms with Gasteiger partial charge in [-0.05, 0) is 25.8 Å². The molecule has 1 saturated heterocycles. The maximum atomic E-state index is 12.3. The van der Waals surface area contributed by atoms with Gasteiger partial charge in [-0.2, -0.15) is 0 Å². The number of benzene rings is 1. The van der Waals surface area contributed by atoms with Gasteiger partial charge in [0.1, 0.15) is 11.3 Å². The number of rotatable bonds is 5. The third-order valence-corrected chi connectivity index (χ3v) is 5.06. The summed E-state index contributed by atoms with van der Waals surface area (Å²) in [5.74, 6) is 1.24. The third kappa shape index (κ3) is 3.29. The number of carbonyl (C=O) groups excluding carboxylic acids is 1. The number of morpholine rings is 1. The number of hydrogen-bond donors (Lipinski definition) is 0. The summed E-state index contributed by atoms with van der Waals surface area (Å²) in [5.41, 5.74) is 3.07. The fourth-order valence-corrected chi connectivity index (χ4v) is 3.67. The van der Waals surface area contributed by atoms with Crippen molar-refractivity contribution in [3.05, 3.63) is 36.3 Å². The quantitative estimate of drug-likeness (QED) is 0.663. The second kappa shape index (κ2) is 7.41. The molecule has 0 unspecified atom stereocenters. The molecule has 3 aromatic rings. The second-order valence-electron chi connectivity index (χ2n) is 6.77. The van der Waals surface area contributed by atoms with Crippen LogP contribution in [-0.2, 0) is 16.1 Å². The first-order valence-corrected chi connectivity index (χ1v) is 9.30. The van der Waals surface area contributed by atoms with E-state index in [0.717, 1.165) is 60.2 Å². The molecule has 0 N–H and O–H groups in total. The first-order valence-electron chi connectivity index (χ1n) is 9.30. The van der Waals surface area contributed by atoms with Crippen molar-refractivity contribution in [2.75, 3.05) is 26.3 Å². The van der Waals surface area contributed by atoms with Crippen molar-refractivity contribution in [3.8, 4) is 0 Å². The van der Waals surface area contributed by atoms with E-state index in [9.17, 15) is 4.79 Å². The summed E-state index contributed by atoms with van der Waals surface area (Å²) in [6.45, 7) is 5.67. The first kappa shape index (κ1) is 17.0. The Kier molecular flexibility index (Phi) is 4.84. The number of para-hydroxylation sites is 1. The zero-order valence-electron chi connectivity index (χ0n) is 15.1. The molecule has 1 aliphatic heterocycles. The van der Waals surface area contributed by atoms with Crippen molar-refractivity contribution in [1.29, 1.82) is 0 Å². The van der Waals surface area contributed by atoms with E-state index in [2.05, 4.69) is 20.6 Å². The highest BCUT2D eigenvalue weighted by atomic mass is 16.5. The van der Waals surface area contributed by atoms with Crippen molar-refractivity contribution >= 4 is 27.8 Å². The van der Waals surface area contributed by atoms with Crippen molar-refractivity contribution in [2.24, 2.45) is 0 Å². The Balaban J connectivity index is 1.45. The number of aromatic nitrogens is 3. The van der Waals surface area contributed by atoms with Gasteiger partial charge in [0, 0.05) is 31.4 Å². The molecule has 1 aliphatic rings. The minimum absolute atomic E-state index is 0.246. The molecule has 2 aromatic heterocycles. The predicted octanol–water partition coefficient (Wildman–Crippen LogP) is 2.92. The topological polar surface area (TPSA) is 60.2 Å². The van der Waals surface area contributed by atoms with Gasteiger partial charge in [0.15, 0.2) is 0 Å². The van der Waals surface area contributed by atoms with Gasteiger partial charge in [0.25, 0.3) is 0 Å². The van der Waals surface area contributed by atoms with E-state index in [1.807, 2.05) is 36.2 Å². The Morgan fingerprint density at radius 3 is 2.81 bits per heavy atom. The SMILES string of the molecule is Cc1nc2cnc3ccccc3c2n1CCCCC(=O)N1CCOCC1. The average Bonchev–Trinajstić information content (AvgIpc) is 3.01. The molecule has 6 nitrogen and oxygen atoms in total. The number of carbonyl (C=O) groups is 1. The largest absolute Gasteiger partial charge is 0.378 e. The number of ether oxygens (including phenoxy) is 1. The van der Waals surface area contributed by atoms with Gasteiger partial charge < -0.3 is 14.2 Å². The number of pyridine rings is 1.